The van der Waals surface area contributed by atoms with Crippen LogP contribution in [0.15, 0.2) is 78.9 Å². The molecule has 4 rings (SSSR count). The second kappa shape index (κ2) is 10.7. The van der Waals surface area contributed by atoms with E-state index in [2.05, 4.69) is 15.1 Å². The minimum absolute atomic E-state index is 0.0440. The number of nitro groups is 1. The number of rotatable bonds is 8. The quantitative estimate of drug-likeness (QED) is 0.315. The third kappa shape index (κ3) is 5.85. The van der Waals surface area contributed by atoms with Gasteiger partial charge in [0.1, 0.15) is 0 Å². The molecule has 0 bridgehead atoms. The molecule has 8 heteroatoms. The fraction of sp³-hybridized carbons (Fsp3) is 0.231. The molecule has 174 valence electrons. The molecular weight excluding hydrogens is 432 g/mol. The second-order valence-electron chi connectivity index (χ2n) is 8.21. The lowest BCUT2D eigenvalue weighted by molar-refractivity contribution is -0.384. The van der Waals surface area contributed by atoms with Crippen molar-refractivity contribution < 1.29 is 14.5 Å². The van der Waals surface area contributed by atoms with E-state index in [9.17, 15) is 19.7 Å². The van der Waals surface area contributed by atoms with E-state index in [0.717, 1.165) is 44.0 Å². The Morgan fingerprint density at radius 2 is 1.53 bits per heavy atom. The van der Waals surface area contributed by atoms with Crippen molar-refractivity contribution in [2.24, 2.45) is 0 Å². The van der Waals surface area contributed by atoms with E-state index in [1.54, 1.807) is 42.5 Å². The molecule has 1 aliphatic heterocycles. The monoisotopic (exact) mass is 458 g/mol. The van der Waals surface area contributed by atoms with Crippen molar-refractivity contribution in [2.45, 2.75) is 6.54 Å². The topological polar surface area (TPSA) is 95.8 Å². The standard InChI is InChI=1S/C26H26N4O4/c31-25(21-6-2-1-3-7-21)18-27-26(32)22-8-4-5-20(17-22)19-28-13-15-29(16-14-28)23-9-11-24(12-10-23)30(33)34/h1-12,17H,13-16,18-19H2,(H,27,32). The lowest BCUT2D eigenvalue weighted by atomic mass is 10.1. The zero-order valence-corrected chi connectivity index (χ0v) is 18.7. The minimum Gasteiger partial charge on any atom is -0.369 e. The van der Waals surface area contributed by atoms with Crippen LogP contribution in [-0.4, -0.2) is 54.2 Å². The molecule has 1 heterocycles. The number of amides is 1. The van der Waals surface area contributed by atoms with Crippen LogP contribution in [0.2, 0.25) is 0 Å². The van der Waals surface area contributed by atoms with Crippen molar-refractivity contribution in [1.29, 1.82) is 0 Å². The van der Waals surface area contributed by atoms with E-state index in [4.69, 9.17) is 0 Å². The van der Waals surface area contributed by atoms with Gasteiger partial charge in [-0.15, -0.1) is 0 Å². The van der Waals surface area contributed by atoms with Gasteiger partial charge in [0, 0.05) is 61.7 Å². The van der Waals surface area contributed by atoms with Gasteiger partial charge in [0.05, 0.1) is 11.5 Å². The predicted octanol–water partition coefficient (Wildman–Crippen LogP) is 3.53. The molecule has 1 saturated heterocycles. The van der Waals surface area contributed by atoms with E-state index in [1.165, 1.54) is 12.1 Å². The summed E-state index contributed by atoms with van der Waals surface area (Å²) in [6, 6.07) is 23.0. The van der Waals surface area contributed by atoms with E-state index >= 15 is 0 Å². The molecular formula is C26H26N4O4. The van der Waals surface area contributed by atoms with E-state index < -0.39 is 4.92 Å². The summed E-state index contributed by atoms with van der Waals surface area (Å²) >= 11 is 0. The normalized spacial score (nSPS) is 13.9. The van der Waals surface area contributed by atoms with Crippen molar-refractivity contribution in [1.82, 2.24) is 10.2 Å². The molecule has 0 radical (unpaired) electrons. The summed E-state index contributed by atoms with van der Waals surface area (Å²) < 4.78 is 0. The van der Waals surface area contributed by atoms with Crippen molar-refractivity contribution in [3.05, 3.63) is 106 Å². The largest absolute Gasteiger partial charge is 0.369 e. The maximum Gasteiger partial charge on any atom is 0.269 e. The summed E-state index contributed by atoms with van der Waals surface area (Å²) in [6.45, 7) is 4.01. The number of carbonyl (C=O) groups is 2. The van der Waals surface area contributed by atoms with Gasteiger partial charge in [0.2, 0.25) is 0 Å². The van der Waals surface area contributed by atoms with E-state index in [-0.39, 0.29) is 23.9 Å². The van der Waals surface area contributed by atoms with E-state index in [1.807, 2.05) is 24.3 Å². The fourth-order valence-electron chi connectivity index (χ4n) is 4.01. The summed E-state index contributed by atoms with van der Waals surface area (Å²) in [6.07, 6.45) is 0. The molecule has 1 aliphatic rings. The number of hydrogen-bond donors (Lipinski definition) is 1. The van der Waals surface area contributed by atoms with Crippen LogP contribution >= 0.6 is 0 Å². The highest BCUT2D eigenvalue weighted by molar-refractivity contribution is 6.02. The molecule has 0 aromatic heterocycles. The average Bonchev–Trinajstić information content (AvgIpc) is 2.88. The molecule has 0 aliphatic carbocycles. The molecule has 34 heavy (non-hydrogen) atoms. The molecule has 8 nitrogen and oxygen atoms in total. The number of Topliss-reactive ketones (excluding diaryl/α,β-unsaturated/α-hetero) is 1. The van der Waals surface area contributed by atoms with Crippen LogP contribution in [0.25, 0.3) is 0 Å². The molecule has 1 N–H and O–H groups in total. The van der Waals surface area contributed by atoms with Crippen molar-refractivity contribution in [2.75, 3.05) is 37.6 Å². The lowest BCUT2D eigenvalue weighted by Gasteiger charge is -2.36. The SMILES string of the molecule is O=C(CNC(=O)c1cccc(CN2CCN(c3ccc([N+](=O)[O-])cc3)CC2)c1)c1ccccc1. The molecule has 1 amide bonds. The summed E-state index contributed by atoms with van der Waals surface area (Å²) in [4.78, 5) is 39.8. The van der Waals surface area contributed by atoms with Crippen LogP contribution < -0.4 is 10.2 Å². The summed E-state index contributed by atoms with van der Waals surface area (Å²) in [5.74, 6) is -0.398. The average molecular weight is 459 g/mol. The Labute approximate surface area is 198 Å². The molecule has 3 aromatic carbocycles. The summed E-state index contributed by atoms with van der Waals surface area (Å²) in [7, 11) is 0. The predicted molar refractivity (Wildman–Crippen MR) is 130 cm³/mol. The number of non-ortho nitro benzene ring substituents is 1. The molecule has 3 aromatic rings. The smallest absolute Gasteiger partial charge is 0.269 e. The Morgan fingerprint density at radius 3 is 2.21 bits per heavy atom. The van der Waals surface area contributed by atoms with Gasteiger partial charge in [-0.05, 0) is 29.8 Å². The highest BCUT2D eigenvalue weighted by atomic mass is 16.6. The van der Waals surface area contributed by atoms with Crippen molar-refractivity contribution in [3.8, 4) is 0 Å². The Bertz CT molecular complexity index is 1160. The fourth-order valence-corrected chi connectivity index (χ4v) is 4.01. The highest BCUT2D eigenvalue weighted by Gasteiger charge is 2.19. The number of anilines is 1. The first-order chi connectivity index (χ1) is 16.5. The number of hydrogen-bond acceptors (Lipinski definition) is 6. The van der Waals surface area contributed by atoms with Gasteiger partial charge in [0.15, 0.2) is 5.78 Å². The van der Waals surface area contributed by atoms with Gasteiger partial charge in [-0.3, -0.25) is 24.6 Å². The molecule has 0 saturated carbocycles. The Kier molecular flexibility index (Phi) is 7.29. The number of nitrogens with one attached hydrogen (secondary N) is 1. The number of benzene rings is 3. The van der Waals surface area contributed by atoms with Crippen molar-refractivity contribution >= 4 is 23.1 Å². The number of nitrogens with zero attached hydrogens (tertiary/aromatic N) is 3. The molecule has 0 atom stereocenters. The number of ketones is 1. The van der Waals surface area contributed by atoms with Crippen LogP contribution in [0.1, 0.15) is 26.3 Å². The number of piperazine rings is 1. The Hall–Kier alpha value is -4.04. The highest BCUT2D eigenvalue weighted by Crippen LogP contribution is 2.21. The van der Waals surface area contributed by atoms with Crippen LogP contribution in [0.5, 0.6) is 0 Å². The van der Waals surface area contributed by atoms with Gasteiger partial charge >= 0.3 is 0 Å². The van der Waals surface area contributed by atoms with Crippen LogP contribution in [-0.2, 0) is 6.54 Å². The van der Waals surface area contributed by atoms with Crippen LogP contribution in [0.4, 0.5) is 11.4 Å². The third-order valence-electron chi connectivity index (χ3n) is 5.90. The molecule has 0 spiro atoms. The number of nitro benzene ring substituents is 1. The van der Waals surface area contributed by atoms with Gasteiger partial charge < -0.3 is 10.2 Å². The third-order valence-corrected chi connectivity index (χ3v) is 5.90. The lowest BCUT2D eigenvalue weighted by Crippen LogP contribution is -2.46. The zero-order chi connectivity index (χ0) is 23.9. The van der Waals surface area contributed by atoms with Gasteiger partial charge in [0.25, 0.3) is 11.6 Å². The number of carbonyl (C=O) groups excluding carboxylic acids is 2. The van der Waals surface area contributed by atoms with Gasteiger partial charge in [-0.1, -0.05) is 42.5 Å². The maximum atomic E-state index is 12.6. The van der Waals surface area contributed by atoms with Crippen LogP contribution in [0.3, 0.4) is 0 Å². The first-order valence-electron chi connectivity index (χ1n) is 11.2. The molecule has 1 fully saturated rings. The Balaban J connectivity index is 1.28. The zero-order valence-electron chi connectivity index (χ0n) is 18.7. The molecule has 0 unspecified atom stereocenters. The Morgan fingerprint density at radius 1 is 0.853 bits per heavy atom. The summed E-state index contributed by atoms with van der Waals surface area (Å²) in [5.41, 5.74) is 3.21. The maximum absolute atomic E-state index is 12.6. The summed E-state index contributed by atoms with van der Waals surface area (Å²) in [5, 5.41) is 13.6. The first kappa shape index (κ1) is 23.1. The van der Waals surface area contributed by atoms with Crippen molar-refractivity contribution in [3.63, 3.8) is 0 Å². The van der Waals surface area contributed by atoms with E-state index in [0.29, 0.717) is 11.1 Å². The second-order valence-corrected chi connectivity index (χ2v) is 8.21. The first-order valence-corrected chi connectivity index (χ1v) is 11.2. The van der Waals surface area contributed by atoms with Gasteiger partial charge in [-0.2, -0.15) is 0 Å². The minimum atomic E-state index is -0.392. The van der Waals surface area contributed by atoms with Crippen LogP contribution in [0, 0.1) is 10.1 Å². The van der Waals surface area contributed by atoms with Gasteiger partial charge in [-0.25, -0.2) is 0 Å².